The molecule has 2 aromatic carbocycles. The molecular weight excluding hydrogens is 382 g/mol. The van der Waals surface area contributed by atoms with Crippen molar-refractivity contribution in [2.24, 2.45) is 5.10 Å². The molecule has 150 valence electrons. The van der Waals surface area contributed by atoms with Gasteiger partial charge in [-0.1, -0.05) is 23.8 Å². The number of carbonyl (C=O) groups is 1. The van der Waals surface area contributed by atoms with Gasteiger partial charge in [-0.2, -0.15) is 10.1 Å². The van der Waals surface area contributed by atoms with Crippen molar-refractivity contribution < 1.29 is 14.1 Å². The Balaban J connectivity index is 1.65. The summed E-state index contributed by atoms with van der Waals surface area (Å²) in [7, 11) is 0. The summed E-state index contributed by atoms with van der Waals surface area (Å²) >= 11 is 0. The number of carbonyl (C=O) groups excluding carboxylic acids is 1. The highest BCUT2D eigenvalue weighted by molar-refractivity contribution is 6.32. The molecule has 0 aliphatic carbocycles. The van der Waals surface area contributed by atoms with Crippen LogP contribution in [0.15, 0.2) is 69.7 Å². The zero-order valence-corrected chi connectivity index (χ0v) is 16.7. The number of amides is 1. The van der Waals surface area contributed by atoms with Crippen molar-refractivity contribution in [3.05, 3.63) is 87.2 Å². The van der Waals surface area contributed by atoms with E-state index in [0.717, 1.165) is 11.1 Å². The molecule has 30 heavy (non-hydrogen) atoms. The molecule has 1 aliphatic rings. The molecular formula is C23H19N3O4. The fourth-order valence-corrected chi connectivity index (χ4v) is 3.26. The maximum absolute atomic E-state index is 12.9. The SMILES string of the molecule is CC1=NN(c2ccc(C)cc2)C(=O)/C1=C/c1ccc(-c2ccc(C)cc2[N+](=O)[O-])o1. The maximum Gasteiger partial charge on any atom is 0.280 e. The molecule has 1 aromatic heterocycles. The largest absolute Gasteiger partial charge is 0.456 e. The monoisotopic (exact) mass is 401 g/mol. The van der Waals surface area contributed by atoms with Gasteiger partial charge in [0.2, 0.25) is 0 Å². The third-order valence-electron chi connectivity index (χ3n) is 4.87. The number of hydrogen-bond donors (Lipinski definition) is 0. The minimum atomic E-state index is -0.431. The Bertz CT molecular complexity index is 1220. The molecule has 1 amide bonds. The molecule has 0 atom stereocenters. The average molecular weight is 401 g/mol. The molecule has 3 aromatic rings. The summed E-state index contributed by atoms with van der Waals surface area (Å²) in [6, 6.07) is 15.8. The third-order valence-corrected chi connectivity index (χ3v) is 4.87. The van der Waals surface area contributed by atoms with Gasteiger partial charge in [0.05, 0.1) is 27.5 Å². The maximum atomic E-state index is 12.9. The number of furan rings is 1. The van der Waals surface area contributed by atoms with Gasteiger partial charge in [-0.05, 0) is 62.7 Å². The molecule has 1 aliphatic heterocycles. The molecule has 0 N–H and O–H groups in total. The van der Waals surface area contributed by atoms with Crippen LogP contribution in [0, 0.1) is 24.0 Å². The van der Waals surface area contributed by atoms with E-state index in [4.69, 9.17) is 4.42 Å². The normalized spacial score (nSPS) is 15.0. The Kier molecular flexibility index (Phi) is 4.79. The van der Waals surface area contributed by atoms with Crippen LogP contribution in [0.5, 0.6) is 0 Å². The van der Waals surface area contributed by atoms with Crippen LogP contribution in [0.4, 0.5) is 11.4 Å². The first-order valence-electron chi connectivity index (χ1n) is 9.37. The lowest BCUT2D eigenvalue weighted by Crippen LogP contribution is -2.21. The van der Waals surface area contributed by atoms with E-state index in [1.54, 1.807) is 44.2 Å². The van der Waals surface area contributed by atoms with Crippen molar-refractivity contribution in [2.45, 2.75) is 20.8 Å². The van der Waals surface area contributed by atoms with Gasteiger partial charge in [0.1, 0.15) is 11.5 Å². The molecule has 0 radical (unpaired) electrons. The Morgan fingerprint density at radius 3 is 2.40 bits per heavy atom. The van der Waals surface area contributed by atoms with E-state index in [1.807, 2.05) is 31.2 Å². The minimum absolute atomic E-state index is 0.0243. The van der Waals surface area contributed by atoms with Crippen molar-refractivity contribution in [3.8, 4) is 11.3 Å². The van der Waals surface area contributed by atoms with Crippen LogP contribution in [-0.2, 0) is 4.79 Å². The number of rotatable bonds is 4. The van der Waals surface area contributed by atoms with Gasteiger partial charge in [-0.25, -0.2) is 0 Å². The molecule has 7 nitrogen and oxygen atoms in total. The van der Waals surface area contributed by atoms with Crippen molar-refractivity contribution in [3.63, 3.8) is 0 Å². The van der Waals surface area contributed by atoms with Crippen LogP contribution in [0.2, 0.25) is 0 Å². The Morgan fingerprint density at radius 1 is 1.00 bits per heavy atom. The first kappa shape index (κ1) is 19.3. The fourth-order valence-electron chi connectivity index (χ4n) is 3.26. The minimum Gasteiger partial charge on any atom is -0.456 e. The Morgan fingerprint density at radius 2 is 1.70 bits per heavy atom. The number of aryl methyl sites for hydroxylation is 2. The van der Waals surface area contributed by atoms with Crippen LogP contribution in [0.3, 0.4) is 0 Å². The highest BCUT2D eigenvalue weighted by Crippen LogP contribution is 2.33. The van der Waals surface area contributed by atoms with Crippen LogP contribution < -0.4 is 5.01 Å². The standard InChI is InChI=1S/C23H19N3O4/c1-14-4-7-17(8-5-14)25-23(27)20(16(3)24-25)13-18-9-11-22(30-18)19-10-6-15(2)12-21(19)26(28)29/h4-13H,1-3H3/b20-13+. The van der Waals surface area contributed by atoms with E-state index in [0.29, 0.717) is 34.1 Å². The number of nitrogens with zero attached hydrogens (tertiary/aromatic N) is 3. The topological polar surface area (TPSA) is 89.0 Å². The summed E-state index contributed by atoms with van der Waals surface area (Å²) in [5.74, 6) is 0.531. The van der Waals surface area contributed by atoms with E-state index < -0.39 is 4.92 Å². The Labute approximate surface area is 173 Å². The molecule has 7 heteroatoms. The average Bonchev–Trinajstić information content (AvgIpc) is 3.29. The number of hydrogen-bond acceptors (Lipinski definition) is 5. The first-order valence-corrected chi connectivity index (χ1v) is 9.37. The Hall–Kier alpha value is -4.00. The van der Waals surface area contributed by atoms with Crippen LogP contribution in [0.1, 0.15) is 23.8 Å². The van der Waals surface area contributed by atoms with E-state index >= 15 is 0 Å². The molecule has 0 spiro atoms. The van der Waals surface area contributed by atoms with Crippen LogP contribution >= 0.6 is 0 Å². The number of benzene rings is 2. The van der Waals surface area contributed by atoms with Gasteiger partial charge in [0, 0.05) is 6.07 Å². The summed E-state index contributed by atoms with van der Waals surface area (Å²) in [5, 5.41) is 17.1. The van der Waals surface area contributed by atoms with E-state index in [-0.39, 0.29) is 11.6 Å². The van der Waals surface area contributed by atoms with Gasteiger partial charge in [-0.15, -0.1) is 0 Å². The molecule has 2 heterocycles. The second kappa shape index (κ2) is 7.44. The third kappa shape index (κ3) is 3.53. The highest BCUT2D eigenvalue weighted by atomic mass is 16.6. The van der Waals surface area contributed by atoms with Crippen LogP contribution in [0.25, 0.3) is 17.4 Å². The molecule has 0 saturated carbocycles. The van der Waals surface area contributed by atoms with Crippen molar-refractivity contribution in [1.29, 1.82) is 0 Å². The van der Waals surface area contributed by atoms with Crippen molar-refractivity contribution in [1.82, 2.24) is 0 Å². The molecule has 0 bridgehead atoms. The smallest absolute Gasteiger partial charge is 0.280 e. The summed E-state index contributed by atoms with van der Waals surface area (Å²) < 4.78 is 5.81. The van der Waals surface area contributed by atoms with E-state index in [9.17, 15) is 14.9 Å². The van der Waals surface area contributed by atoms with Crippen molar-refractivity contribution >= 4 is 29.1 Å². The summed E-state index contributed by atoms with van der Waals surface area (Å²) in [4.78, 5) is 23.8. The zero-order valence-electron chi connectivity index (χ0n) is 16.7. The summed E-state index contributed by atoms with van der Waals surface area (Å²) in [6.45, 7) is 5.53. The number of nitro benzene ring substituents is 1. The number of nitro groups is 1. The van der Waals surface area contributed by atoms with Gasteiger partial charge in [0.15, 0.2) is 0 Å². The molecule has 0 unspecified atom stereocenters. The molecule has 0 saturated heterocycles. The van der Waals surface area contributed by atoms with Gasteiger partial charge in [-0.3, -0.25) is 14.9 Å². The first-order chi connectivity index (χ1) is 14.3. The lowest BCUT2D eigenvalue weighted by molar-refractivity contribution is -0.384. The van der Waals surface area contributed by atoms with Crippen LogP contribution in [-0.4, -0.2) is 16.5 Å². The van der Waals surface area contributed by atoms with E-state index in [1.165, 1.54) is 11.1 Å². The lowest BCUT2D eigenvalue weighted by Gasteiger charge is -2.11. The van der Waals surface area contributed by atoms with Crippen molar-refractivity contribution in [2.75, 3.05) is 5.01 Å². The zero-order chi connectivity index (χ0) is 21.4. The van der Waals surface area contributed by atoms with Gasteiger partial charge in [0.25, 0.3) is 11.6 Å². The quantitative estimate of drug-likeness (QED) is 0.338. The van der Waals surface area contributed by atoms with Gasteiger partial charge >= 0.3 is 0 Å². The fraction of sp³-hybridized carbons (Fsp3) is 0.130. The number of hydrazone groups is 1. The highest BCUT2D eigenvalue weighted by Gasteiger charge is 2.29. The predicted molar refractivity (Wildman–Crippen MR) is 115 cm³/mol. The predicted octanol–water partition coefficient (Wildman–Crippen LogP) is 5.28. The lowest BCUT2D eigenvalue weighted by atomic mass is 10.1. The molecule has 4 rings (SSSR count). The molecule has 0 fully saturated rings. The van der Waals surface area contributed by atoms with Gasteiger partial charge < -0.3 is 4.42 Å². The number of anilines is 1. The summed E-state index contributed by atoms with van der Waals surface area (Å²) in [6.07, 6.45) is 1.61. The second-order valence-corrected chi connectivity index (χ2v) is 7.18. The second-order valence-electron chi connectivity index (χ2n) is 7.18. The summed E-state index contributed by atoms with van der Waals surface area (Å²) in [5.41, 5.74) is 3.91. The van der Waals surface area contributed by atoms with E-state index in [2.05, 4.69) is 5.10 Å².